The lowest BCUT2D eigenvalue weighted by Crippen LogP contribution is -2.46. The number of ether oxygens (including phenoxy) is 1. The number of carbonyl (C=O) groups is 2. The van der Waals surface area contributed by atoms with Gasteiger partial charge in [-0.05, 0) is 70.6 Å². The zero-order valence-corrected chi connectivity index (χ0v) is 36.7. The van der Waals surface area contributed by atoms with Gasteiger partial charge in [0.2, 0.25) is 5.91 Å². The van der Waals surface area contributed by atoms with Crippen LogP contribution in [0.15, 0.2) is 97.2 Å². The van der Waals surface area contributed by atoms with Gasteiger partial charge in [-0.3, -0.25) is 9.59 Å². The summed E-state index contributed by atoms with van der Waals surface area (Å²) in [7, 11) is 0. The number of aliphatic hydroxyl groups excluding tert-OH is 2. The number of nitrogens with one attached hydrogen (secondary N) is 1. The maximum atomic E-state index is 13.1. The molecule has 3 unspecified atom stereocenters. The molecule has 0 aromatic rings. The first-order valence-electron chi connectivity index (χ1n) is 23.0. The first-order valence-corrected chi connectivity index (χ1v) is 23.0. The van der Waals surface area contributed by atoms with Gasteiger partial charge in [0.1, 0.15) is 6.10 Å². The van der Waals surface area contributed by atoms with Crippen molar-refractivity contribution < 1.29 is 24.5 Å². The Morgan fingerprint density at radius 3 is 1.67 bits per heavy atom. The molecule has 0 saturated carbocycles. The van der Waals surface area contributed by atoms with Gasteiger partial charge in [-0.1, -0.05) is 201 Å². The van der Waals surface area contributed by atoms with Gasteiger partial charge in [-0.15, -0.1) is 0 Å². The molecule has 0 aliphatic rings. The number of amides is 1. The molecule has 0 aromatic heterocycles. The Bertz CT molecular complexity index is 1160. The predicted octanol–water partition coefficient (Wildman–Crippen LogP) is 13.4. The molecule has 6 nitrogen and oxygen atoms in total. The fraction of sp³-hybridized carbons (Fsp3) is 0.647. The Hall–Kier alpha value is -3.22. The van der Waals surface area contributed by atoms with Crippen molar-refractivity contribution in [1.29, 1.82) is 0 Å². The van der Waals surface area contributed by atoms with Gasteiger partial charge < -0.3 is 20.3 Å². The number of rotatable bonds is 39. The van der Waals surface area contributed by atoms with E-state index in [2.05, 4.69) is 74.7 Å². The van der Waals surface area contributed by atoms with Gasteiger partial charge in [0.25, 0.3) is 0 Å². The Balaban J connectivity index is 4.75. The number of hydrogen-bond donors (Lipinski definition) is 3. The van der Waals surface area contributed by atoms with E-state index in [1.165, 1.54) is 57.8 Å². The van der Waals surface area contributed by atoms with E-state index >= 15 is 0 Å². The van der Waals surface area contributed by atoms with Crippen molar-refractivity contribution in [3.8, 4) is 0 Å². The number of aliphatic hydroxyl groups is 2. The van der Waals surface area contributed by atoms with Crippen molar-refractivity contribution in [2.24, 2.45) is 0 Å². The number of unbranched alkanes of at least 4 members (excludes halogenated alkanes) is 15. The maximum absolute atomic E-state index is 13.1. The minimum absolute atomic E-state index is 0.0173. The smallest absolute Gasteiger partial charge is 0.306 e. The molecule has 0 aliphatic carbocycles. The van der Waals surface area contributed by atoms with Crippen LogP contribution in [-0.2, 0) is 14.3 Å². The van der Waals surface area contributed by atoms with Crippen LogP contribution in [0.4, 0.5) is 0 Å². The number of esters is 1. The summed E-state index contributed by atoms with van der Waals surface area (Å²) >= 11 is 0. The highest BCUT2D eigenvalue weighted by molar-refractivity contribution is 5.77. The molecule has 1 amide bonds. The Morgan fingerprint density at radius 1 is 0.544 bits per heavy atom. The van der Waals surface area contributed by atoms with Crippen LogP contribution in [0.2, 0.25) is 0 Å². The van der Waals surface area contributed by atoms with Crippen molar-refractivity contribution in [1.82, 2.24) is 5.32 Å². The van der Waals surface area contributed by atoms with Crippen molar-refractivity contribution in [2.45, 2.75) is 206 Å². The van der Waals surface area contributed by atoms with Gasteiger partial charge in [0.15, 0.2) is 0 Å². The minimum Gasteiger partial charge on any atom is -0.462 e. The zero-order valence-electron chi connectivity index (χ0n) is 36.7. The molecule has 0 heterocycles. The highest BCUT2D eigenvalue weighted by Gasteiger charge is 2.24. The molecular weight excluding hydrogens is 707 g/mol. The van der Waals surface area contributed by atoms with Crippen LogP contribution in [0.5, 0.6) is 0 Å². The summed E-state index contributed by atoms with van der Waals surface area (Å²) in [5.74, 6) is -0.574. The Kier molecular flexibility index (Phi) is 41.4. The van der Waals surface area contributed by atoms with Crippen LogP contribution in [0.1, 0.15) is 188 Å². The topological polar surface area (TPSA) is 95.9 Å². The highest BCUT2D eigenvalue weighted by atomic mass is 16.5. The third kappa shape index (κ3) is 39.4. The summed E-state index contributed by atoms with van der Waals surface area (Å²) in [5.41, 5.74) is 0. The maximum Gasteiger partial charge on any atom is 0.306 e. The fourth-order valence-electron chi connectivity index (χ4n) is 6.35. The monoisotopic (exact) mass is 792 g/mol. The fourth-order valence-corrected chi connectivity index (χ4v) is 6.35. The van der Waals surface area contributed by atoms with Crippen LogP contribution in [0.25, 0.3) is 0 Å². The van der Waals surface area contributed by atoms with E-state index in [4.69, 9.17) is 4.74 Å². The van der Waals surface area contributed by atoms with Gasteiger partial charge >= 0.3 is 5.97 Å². The molecule has 0 radical (unpaired) electrons. The molecule has 0 saturated heterocycles. The largest absolute Gasteiger partial charge is 0.462 e. The third-order valence-electron chi connectivity index (χ3n) is 9.79. The van der Waals surface area contributed by atoms with E-state index in [-0.39, 0.29) is 24.9 Å². The van der Waals surface area contributed by atoms with Crippen LogP contribution >= 0.6 is 0 Å². The second-order valence-corrected chi connectivity index (χ2v) is 15.2. The van der Waals surface area contributed by atoms with E-state index in [0.29, 0.717) is 19.3 Å². The number of hydrogen-bond acceptors (Lipinski definition) is 5. The van der Waals surface area contributed by atoms with Gasteiger partial charge in [-0.25, -0.2) is 0 Å². The second-order valence-electron chi connectivity index (χ2n) is 15.2. The van der Waals surface area contributed by atoms with Crippen molar-refractivity contribution in [2.75, 3.05) is 6.61 Å². The van der Waals surface area contributed by atoms with Crippen molar-refractivity contribution in [3.63, 3.8) is 0 Å². The SMILES string of the molecule is CC/C=C/C=C/C=C\C=C/C=C/CCCC(CC(=O)NC(CO)C(O)CCCCCCCCCCC)OC(=O)CCCCCCCC/C=C/C/C=C/C/C=C/CC. The lowest BCUT2D eigenvalue weighted by molar-refractivity contribution is -0.151. The van der Waals surface area contributed by atoms with Crippen LogP contribution < -0.4 is 5.32 Å². The summed E-state index contributed by atoms with van der Waals surface area (Å²) < 4.78 is 5.86. The lowest BCUT2D eigenvalue weighted by Gasteiger charge is -2.24. The van der Waals surface area contributed by atoms with E-state index in [1.54, 1.807) is 0 Å². The highest BCUT2D eigenvalue weighted by Crippen LogP contribution is 2.16. The predicted molar refractivity (Wildman–Crippen MR) is 245 cm³/mol. The van der Waals surface area contributed by atoms with E-state index in [0.717, 1.165) is 83.5 Å². The summed E-state index contributed by atoms with van der Waals surface area (Å²) in [6, 6.07) is -0.730. The summed E-state index contributed by atoms with van der Waals surface area (Å²) in [6.07, 6.45) is 57.6. The van der Waals surface area contributed by atoms with Crippen molar-refractivity contribution in [3.05, 3.63) is 97.2 Å². The minimum atomic E-state index is -0.812. The van der Waals surface area contributed by atoms with E-state index < -0.39 is 18.2 Å². The lowest BCUT2D eigenvalue weighted by atomic mass is 10.0. The molecule has 0 fully saturated rings. The third-order valence-corrected chi connectivity index (χ3v) is 9.79. The average molecular weight is 792 g/mol. The van der Waals surface area contributed by atoms with E-state index in [9.17, 15) is 19.8 Å². The molecule has 0 aliphatic heterocycles. The summed E-state index contributed by atoms with van der Waals surface area (Å²) in [6.45, 7) is 6.16. The number of allylic oxidation sites excluding steroid dienone is 16. The normalized spacial score (nSPS) is 14.3. The quantitative estimate of drug-likeness (QED) is 0.0249. The molecule has 0 spiro atoms. The van der Waals surface area contributed by atoms with Crippen LogP contribution in [0, 0.1) is 0 Å². The molecule has 0 bridgehead atoms. The van der Waals surface area contributed by atoms with Gasteiger partial charge in [0.05, 0.1) is 25.2 Å². The molecule has 0 aromatic carbocycles. The molecular formula is C51H85NO5. The molecule has 3 N–H and O–H groups in total. The van der Waals surface area contributed by atoms with Gasteiger partial charge in [-0.2, -0.15) is 0 Å². The van der Waals surface area contributed by atoms with Gasteiger partial charge in [0, 0.05) is 6.42 Å². The second kappa shape index (κ2) is 43.9. The molecule has 0 rings (SSSR count). The molecule has 324 valence electrons. The van der Waals surface area contributed by atoms with E-state index in [1.807, 2.05) is 48.6 Å². The Labute approximate surface area is 350 Å². The summed E-state index contributed by atoms with van der Waals surface area (Å²) in [4.78, 5) is 26.0. The van der Waals surface area contributed by atoms with Crippen LogP contribution in [0.3, 0.4) is 0 Å². The average Bonchev–Trinajstić information content (AvgIpc) is 3.20. The van der Waals surface area contributed by atoms with Crippen LogP contribution in [-0.4, -0.2) is 46.9 Å². The first-order chi connectivity index (χ1) is 28.0. The first kappa shape index (κ1) is 53.8. The van der Waals surface area contributed by atoms with Crippen molar-refractivity contribution >= 4 is 11.9 Å². The standard InChI is InChI=1S/C51H85NO5/c1-4-7-10-13-16-19-21-23-24-25-27-29-32-35-38-41-44-51(56)57-47(42-39-36-33-31-28-26-22-20-17-14-11-8-5-2)45-50(55)52-48(46-53)49(54)43-40-37-34-30-18-15-12-9-6-3/h7-8,10-11,14,16-17,19-20,22-24,26,28,31,33,47-49,53-54H,4-6,9,12-13,15,18,21,25,27,29-30,32,34-46H2,1-3H3,(H,52,55)/b10-7+,11-8+,17-14+,19-16+,22-20-,24-23+,28-26-,33-31+. The summed E-state index contributed by atoms with van der Waals surface area (Å²) in [5, 5.41) is 23.6. The molecule has 3 atom stereocenters. The number of carbonyl (C=O) groups excluding carboxylic acids is 2. The Morgan fingerprint density at radius 2 is 1.05 bits per heavy atom. The zero-order chi connectivity index (χ0) is 41.7. The molecule has 57 heavy (non-hydrogen) atoms. The molecule has 6 heteroatoms.